The maximum atomic E-state index is 12.6. The number of rotatable bonds is 4. The molecule has 1 amide bonds. The number of hydrogen-bond acceptors (Lipinski definition) is 4. The Bertz CT molecular complexity index is 1050. The fourth-order valence-corrected chi connectivity index (χ4v) is 4.21. The lowest BCUT2D eigenvalue weighted by Crippen LogP contribution is -2.35. The van der Waals surface area contributed by atoms with Gasteiger partial charge in [0.1, 0.15) is 11.4 Å². The van der Waals surface area contributed by atoms with Crippen LogP contribution in [0.3, 0.4) is 0 Å². The highest BCUT2D eigenvalue weighted by atomic mass is 19.4. The number of alkyl halides is 3. The highest BCUT2D eigenvalue weighted by Crippen LogP contribution is 2.30. The van der Waals surface area contributed by atoms with Crippen LogP contribution < -0.4 is 0 Å². The van der Waals surface area contributed by atoms with Crippen molar-refractivity contribution in [3.63, 3.8) is 0 Å². The van der Waals surface area contributed by atoms with Crippen LogP contribution >= 0.6 is 0 Å². The van der Waals surface area contributed by atoms with Crippen molar-refractivity contribution in [1.29, 1.82) is 0 Å². The van der Waals surface area contributed by atoms with Crippen molar-refractivity contribution in [3.05, 3.63) is 58.3 Å². The van der Waals surface area contributed by atoms with E-state index >= 15 is 0 Å². The number of nitrogens with one attached hydrogen (secondary N) is 1. The molecule has 0 spiro atoms. The summed E-state index contributed by atoms with van der Waals surface area (Å²) in [6.07, 6.45) is -1.27. The maximum absolute atomic E-state index is 12.6. The summed E-state index contributed by atoms with van der Waals surface area (Å²) in [7, 11) is 0. The van der Waals surface area contributed by atoms with E-state index in [1.165, 1.54) is 12.1 Å². The Balaban J connectivity index is 0.000000205. The van der Waals surface area contributed by atoms with Crippen molar-refractivity contribution in [3.8, 4) is 0 Å². The fraction of sp³-hybridized carbons (Fsp3) is 0.542. The molecule has 1 fully saturated rings. The zero-order valence-electron chi connectivity index (χ0n) is 19.9. The second-order valence-corrected chi connectivity index (χ2v) is 9.09. The van der Waals surface area contributed by atoms with Crippen LogP contribution in [0.2, 0.25) is 0 Å². The molecule has 4 rings (SSSR count). The Morgan fingerprint density at radius 1 is 1.26 bits per heavy atom. The molecule has 0 bridgehead atoms. The maximum Gasteiger partial charge on any atom is 0.433 e. The van der Waals surface area contributed by atoms with E-state index in [2.05, 4.69) is 4.98 Å². The Labute approximate surface area is 201 Å². The summed E-state index contributed by atoms with van der Waals surface area (Å²) in [5.41, 5.74) is 8.53. The summed E-state index contributed by atoms with van der Waals surface area (Å²) in [4.78, 5) is 29.1. The zero-order valence-corrected chi connectivity index (χ0v) is 19.9. The van der Waals surface area contributed by atoms with Gasteiger partial charge in [0, 0.05) is 25.3 Å². The third-order valence-electron chi connectivity index (χ3n) is 6.27. The first kappa shape index (κ1) is 26.7. The number of aromatic carboxylic acids is 1. The molecule has 1 saturated heterocycles. The number of carboxylic acid groups (broad SMARTS) is 1. The monoisotopic (exact) mass is 495 g/mol. The van der Waals surface area contributed by atoms with Crippen molar-refractivity contribution in [1.82, 2.24) is 14.5 Å². The second kappa shape index (κ2) is 10.8. The predicted octanol–water partition coefficient (Wildman–Crippen LogP) is 5.19. The molecule has 35 heavy (non-hydrogen) atoms. The van der Waals surface area contributed by atoms with Gasteiger partial charge in [-0.05, 0) is 37.5 Å². The summed E-state index contributed by atoms with van der Waals surface area (Å²) >= 11 is 0. The SMILES string of the molecule is CC(C)[C@@H]([NH-])c1ccc(C(F)(F)F)nc1.C[C@H]1CCCN1C(=O)c1cc(C(=O)O)c2n1CCOC2. The van der Waals surface area contributed by atoms with Gasteiger partial charge in [0.05, 0.1) is 24.5 Å². The largest absolute Gasteiger partial charge is 0.671 e. The van der Waals surface area contributed by atoms with Gasteiger partial charge < -0.3 is 25.0 Å². The zero-order chi connectivity index (χ0) is 25.9. The number of ether oxygens (including phenoxy) is 1. The summed E-state index contributed by atoms with van der Waals surface area (Å²) in [5.74, 6) is -1.01. The van der Waals surface area contributed by atoms with Gasteiger partial charge in [-0.25, -0.2) is 4.79 Å². The van der Waals surface area contributed by atoms with Crippen LogP contribution in [-0.4, -0.2) is 50.6 Å². The molecule has 192 valence electrons. The molecule has 2 aromatic rings. The van der Waals surface area contributed by atoms with E-state index in [-0.39, 0.29) is 30.0 Å². The van der Waals surface area contributed by atoms with Crippen LogP contribution in [0.5, 0.6) is 0 Å². The number of halogens is 3. The van der Waals surface area contributed by atoms with Gasteiger partial charge >= 0.3 is 12.1 Å². The minimum Gasteiger partial charge on any atom is -0.671 e. The first-order chi connectivity index (χ1) is 16.4. The van der Waals surface area contributed by atoms with Gasteiger partial charge in [-0.1, -0.05) is 25.8 Å². The molecular formula is C24H30F3N4O4-. The topological polar surface area (TPSA) is 108 Å². The van der Waals surface area contributed by atoms with Crippen LogP contribution in [0.15, 0.2) is 24.4 Å². The molecule has 0 aliphatic carbocycles. The third-order valence-corrected chi connectivity index (χ3v) is 6.27. The van der Waals surface area contributed by atoms with Crippen LogP contribution in [0.1, 0.15) is 77.5 Å². The molecule has 0 aromatic carbocycles. The smallest absolute Gasteiger partial charge is 0.433 e. The number of pyridine rings is 1. The minimum atomic E-state index is -4.41. The molecule has 2 N–H and O–H groups in total. The number of aromatic nitrogens is 2. The van der Waals surface area contributed by atoms with Crippen LogP contribution in [0.4, 0.5) is 13.2 Å². The van der Waals surface area contributed by atoms with Crippen LogP contribution in [0, 0.1) is 5.92 Å². The lowest BCUT2D eigenvalue weighted by molar-refractivity contribution is -0.141. The Morgan fingerprint density at radius 3 is 2.49 bits per heavy atom. The van der Waals surface area contributed by atoms with Crippen molar-refractivity contribution in [2.75, 3.05) is 13.2 Å². The van der Waals surface area contributed by atoms with E-state index in [1.807, 2.05) is 25.7 Å². The van der Waals surface area contributed by atoms with Gasteiger partial charge in [-0.3, -0.25) is 9.78 Å². The van der Waals surface area contributed by atoms with Crippen molar-refractivity contribution in [2.45, 2.75) is 65.0 Å². The number of nitrogens with zero attached hydrogens (tertiary/aromatic N) is 3. The van der Waals surface area contributed by atoms with E-state index < -0.39 is 23.9 Å². The summed E-state index contributed by atoms with van der Waals surface area (Å²) in [5, 5.41) is 9.26. The van der Waals surface area contributed by atoms with Crippen molar-refractivity contribution < 1.29 is 32.6 Å². The number of carboxylic acids is 1. The van der Waals surface area contributed by atoms with Gasteiger partial charge in [-0.15, -0.1) is 6.04 Å². The van der Waals surface area contributed by atoms with E-state index in [9.17, 15) is 27.9 Å². The molecule has 2 aliphatic heterocycles. The van der Waals surface area contributed by atoms with Crippen LogP contribution in [0.25, 0.3) is 5.73 Å². The first-order valence-corrected chi connectivity index (χ1v) is 11.5. The Morgan fingerprint density at radius 2 is 1.97 bits per heavy atom. The minimum absolute atomic E-state index is 0.0588. The Hall–Kier alpha value is -2.92. The normalized spacial score (nSPS) is 18.6. The van der Waals surface area contributed by atoms with Crippen LogP contribution in [-0.2, 0) is 24.1 Å². The average Bonchev–Trinajstić information content (AvgIpc) is 3.42. The number of fused-ring (bicyclic) bond motifs is 1. The predicted molar refractivity (Wildman–Crippen MR) is 122 cm³/mol. The number of amides is 1. The summed E-state index contributed by atoms with van der Waals surface area (Å²) < 4.78 is 43.6. The van der Waals surface area contributed by atoms with Gasteiger partial charge in [0.25, 0.3) is 5.91 Å². The standard InChI is InChI=1S/C14H18N2O4.C10H12F3N2/c1-9-3-2-4-15(9)13(17)11-7-10(14(18)19)12-8-20-6-5-16(11)12;1-6(2)9(14)7-3-4-8(15-5-7)10(11,12)13/h7,9H,2-6,8H2,1H3,(H,18,19);3-6,9,14H,1-2H3/q;-1/t2*9-/m01/s1. The lowest BCUT2D eigenvalue weighted by Gasteiger charge is -2.24. The highest BCUT2D eigenvalue weighted by Gasteiger charge is 2.33. The van der Waals surface area contributed by atoms with Gasteiger partial charge in [0.15, 0.2) is 0 Å². The number of hydrogen-bond donors (Lipinski definition) is 1. The number of likely N-dealkylation sites (tertiary alicyclic amines) is 1. The molecule has 8 nitrogen and oxygen atoms in total. The lowest BCUT2D eigenvalue weighted by atomic mass is 9.98. The van der Waals surface area contributed by atoms with E-state index in [0.29, 0.717) is 30.1 Å². The molecular weight excluding hydrogens is 465 g/mol. The van der Waals surface area contributed by atoms with Crippen molar-refractivity contribution in [2.24, 2.45) is 5.92 Å². The molecule has 4 heterocycles. The molecule has 0 unspecified atom stereocenters. The highest BCUT2D eigenvalue weighted by molar-refractivity contribution is 5.98. The molecule has 2 atom stereocenters. The summed E-state index contributed by atoms with van der Waals surface area (Å²) in [6, 6.07) is 3.42. The van der Waals surface area contributed by atoms with E-state index in [4.69, 9.17) is 10.5 Å². The quantitative estimate of drug-likeness (QED) is 0.628. The first-order valence-electron chi connectivity index (χ1n) is 11.5. The molecule has 0 saturated carbocycles. The van der Waals surface area contributed by atoms with Gasteiger partial charge in [0.2, 0.25) is 0 Å². The van der Waals surface area contributed by atoms with E-state index in [0.717, 1.165) is 31.6 Å². The Kier molecular flexibility index (Phi) is 8.22. The number of carbonyl (C=O) groups excluding carboxylic acids is 1. The summed E-state index contributed by atoms with van der Waals surface area (Å²) in [6.45, 7) is 7.77. The molecule has 2 aliphatic rings. The number of carbonyl (C=O) groups is 2. The fourth-order valence-electron chi connectivity index (χ4n) is 4.21. The second-order valence-electron chi connectivity index (χ2n) is 9.09. The average molecular weight is 496 g/mol. The molecule has 2 aromatic heterocycles. The van der Waals surface area contributed by atoms with E-state index in [1.54, 1.807) is 4.57 Å². The van der Waals surface area contributed by atoms with Gasteiger partial charge in [-0.2, -0.15) is 13.2 Å². The third kappa shape index (κ3) is 6.02. The molecule has 11 heteroatoms. The molecule has 0 radical (unpaired) electrons. The van der Waals surface area contributed by atoms with Crippen molar-refractivity contribution >= 4 is 11.9 Å².